The molecule has 1 heterocycles. The number of hydrogen-bond acceptors (Lipinski definition) is 4. The van der Waals surface area contributed by atoms with Crippen molar-refractivity contribution >= 4 is 11.8 Å². The molecular weight excluding hydrogens is 246 g/mol. The summed E-state index contributed by atoms with van der Waals surface area (Å²) in [6, 6.07) is 0. The second-order valence-corrected chi connectivity index (χ2v) is 5.30. The van der Waals surface area contributed by atoms with Gasteiger partial charge >= 0.3 is 0 Å². The standard InChI is InChI=1S/C13H25N3O3/c1-10(2)11(17)15-5-6-16-12(18)13(9-14)3-7-19-8-4-13/h10H,3-9,14H2,1-2H3,(H,15,17)(H,16,18). The van der Waals surface area contributed by atoms with Gasteiger partial charge in [-0.15, -0.1) is 0 Å². The summed E-state index contributed by atoms with van der Waals surface area (Å²) >= 11 is 0. The lowest BCUT2D eigenvalue weighted by molar-refractivity contribution is -0.136. The fourth-order valence-corrected chi connectivity index (χ4v) is 2.04. The number of hydrogen-bond donors (Lipinski definition) is 3. The topological polar surface area (TPSA) is 93.5 Å². The molecule has 1 aliphatic heterocycles. The molecule has 1 rings (SSSR count). The van der Waals surface area contributed by atoms with E-state index in [1.54, 1.807) is 0 Å². The van der Waals surface area contributed by atoms with Crippen LogP contribution in [0.15, 0.2) is 0 Å². The number of rotatable bonds is 6. The van der Waals surface area contributed by atoms with Crippen LogP contribution < -0.4 is 16.4 Å². The zero-order valence-corrected chi connectivity index (χ0v) is 11.8. The molecule has 0 aromatic carbocycles. The number of ether oxygens (including phenoxy) is 1. The van der Waals surface area contributed by atoms with Crippen molar-refractivity contribution in [1.29, 1.82) is 0 Å². The van der Waals surface area contributed by atoms with Gasteiger partial charge in [0.25, 0.3) is 0 Å². The summed E-state index contributed by atoms with van der Waals surface area (Å²) < 4.78 is 5.27. The second-order valence-electron chi connectivity index (χ2n) is 5.30. The van der Waals surface area contributed by atoms with E-state index in [2.05, 4.69) is 10.6 Å². The molecule has 0 bridgehead atoms. The molecule has 0 unspecified atom stereocenters. The third-order valence-corrected chi connectivity index (χ3v) is 3.56. The Hall–Kier alpha value is -1.14. The summed E-state index contributed by atoms with van der Waals surface area (Å²) in [4.78, 5) is 23.5. The first-order chi connectivity index (χ1) is 9.02. The van der Waals surface area contributed by atoms with Crippen LogP contribution in [0, 0.1) is 11.3 Å². The molecule has 0 aromatic rings. The fourth-order valence-electron chi connectivity index (χ4n) is 2.04. The minimum Gasteiger partial charge on any atom is -0.381 e. The van der Waals surface area contributed by atoms with Crippen LogP contribution in [0.3, 0.4) is 0 Å². The summed E-state index contributed by atoms with van der Waals surface area (Å²) in [5.74, 6) is -0.0764. The first-order valence-electron chi connectivity index (χ1n) is 6.85. The molecular formula is C13H25N3O3. The van der Waals surface area contributed by atoms with E-state index in [9.17, 15) is 9.59 Å². The molecule has 0 aromatic heterocycles. The SMILES string of the molecule is CC(C)C(=O)NCCNC(=O)C1(CN)CCOCC1. The highest BCUT2D eigenvalue weighted by molar-refractivity contribution is 5.83. The summed E-state index contributed by atoms with van der Waals surface area (Å²) in [6.45, 7) is 6.03. The van der Waals surface area contributed by atoms with E-state index >= 15 is 0 Å². The highest BCUT2D eigenvalue weighted by Gasteiger charge is 2.38. The van der Waals surface area contributed by atoms with E-state index < -0.39 is 5.41 Å². The molecule has 2 amide bonds. The Labute approximate surface area is 114 Å². The summed E-state index contributed by atoms with van der Waals surface area (Å²) in [5, 5.41) is 5.61. The lowest BCUT2D eigenvalue weighted by Gasteiger charge is -2.34. The van der Waals surface area contributed by atoms with Crippen LogP contribution in [0.5, 0.6) is 0 Å². The van der Waals surface area contributed by atoms with Gasteiger partial charge in [-0.25, -0.2) is 0 Å². The van der Waals surface area contributed by atoms with E-state index in [-0.39, 0.29) is 17.7 Å². The van der Waals surface area contributed by atoms with Crippen LogP contribution in [-0.4, -0.2) is 44.7 Å². The average Bonchev–Trinajstić information content (AvgIpc) is 2.43. The van der Waals surface area contributed by atoms with Gasteiger partial charge in [0, 0.05) is 38.8 Å². The van der Waals surface area contributed by atoms with Crippen molar-refractivity contribution in [2.24, 2.45) is 17.1 Å². The van der Waals surface area contributed by atoms with E-state index in [1.807, 2.05) is 13.8 Å². The van der Waals surface area contributed by atoms with Crippen molar-refractivity contribution in [2.75, 3.05) is 32.8 Å². The molecule has 1 fully saturated rings. The molecule has 6 nitrogen and oxygen atoms in total. The number of amides is 2. The lowest BCUT2D eigenvalue weighted by atomic mass is 9.79. The van der Waals surface area contributed by atoms with Crippen LogP contribution >= 0.6 is 0 Å². The average molecular weight is 271 g/mol. The third kappa shape index (κ3) is 4.47. The smallest absolute Gasteiger partial charge is 0.227 e. The highest BCUT2D eigenvalue weighted by Crippen LogP contribution is 2.29. The minimum atomic E-state index is -0.500. The number of carbonyl (C=O) groups is 2. The van der Waals surface area contributed by atoms with E-state index in [0.29, 0.717) is 45.7 Å². The second kappa shape index (κ2) is 7.45. The maximum Gasteiger partial charge on any atom is 0.227 e. The number of nitrogens with two attached hydrogens (primary N) is 1. The molecule has 1 aliphatic rings. The van der Waals surface area contributed by atoms with Crippen molar-refractivity contribution in [1.82, 2.24) is 10.6 Å². The molecule has 0 atom stereocenters. The van der Waals surface area contributed by atoms with Crippen molar-refractivity contribution in [3.63, 3.8) is 0 Å². The molecule has 0 saturated carbocycles. The van der Waals surface area contributed by atoms with Crippen LogP contribution in [0.1, 0.15) is 26.7 Å². The maximum absolute atomic E-state index is 12.2. The Bertz CT molecular complexity index is 312. The molecule has 6 heteroatoms. The van der Waals surface area contributed by atoms with Gasteiger partial charge in [-0.3, -0.25) is 9.59 Å². The van der Waals surface area contributed by atoms with Crippen molar-refractivity contribution in [3.8, 4) is 0 Å². The third-order valence-electron chi connectivity index (χ3n) is 3.56. The predicted molar refractivity (Wildman–Crippen MR) is 72.4 cm³/mol. The van der Waals surface area contributed by atoms with Gasteiger partial charge < -0.3 is 21.1 Å². The lowest BCUT2D eigenvalue weighted by Crippen LogP contribution is -2.50. The molecule has 4 N–H and O–H groups in total. The molecule has 19 heavy (non-hydrogen) atoms. The first-order valence-corrected chi connectivity index (χ1v) is 6.85. The molecule has 1 saturated heterocycles. The monoisotopic (exact) mass is 271 g/mol. The predicted octanol–water partition coefficient (Wildman–Crippen LogP) is -0.370. The summed E-state index contributed by atoms with van der Waals surface area (Å²) in [6.07, 6.45) is 1.32. The molecule has 0 spiro atoms. The van der Waals surface area contributed by atoms with Crippen molar-refractivity contribution in [2.45, 2.75) is 26.7 Å². The fraction of sp³-hybridized carbons (Fsp3) is 0.846. The normalized spacial score (nSPS) is 18.1. The van der Waals surface area contributed by atoms with Gasteiger partial charge in [-0.05, 0) is 12.8 Å². The van der Waals surface area contributed by atoms with Crippen LogP contribution in [0.4, 0.5) is 0 Å². The molecule has 0 radical (unpaired) electrons. The van der Waals surface area contributed by atoms with Crippen LogP contribution in [0.25, 0.3) is 0 Å². The van der Waals surface area contributed by atoms with E-state index in [1.165, 1.54) is 0 Å². The summed E-state index contributed by atoms with van der Waals surface area (Å²) in [7, 11) is 0. The van der Waals surface area contributed by atoms with Gasteiger partial charge in [0.15, 0.2) is 0 Å². The Morgan fingerprint density at radius 3 is 2.32 bits per heavy atom. The maximum atomic E-state index is 12.2. The van der Waals surface area contributed by atoms with E-state index in [4.69, 9.17) is 10.5 Å². The molecule has 0 aliphatic carbocycles. The van der Waals surface area contributed by atoms with Gasteiger partial charge in [0.1, 0.15) is 0 Å². The quantitative estimate of drug-likeness (QED) is 0.575. The van der Waals surface area contributed by atoms with Gasteiger partial charge in [-0.2, -0.15) is 0 Å². The van der Waals surface area contributed by atoms with Gasteiger partial charge in [-0.1, -0.05) is 13.8 Å². The zero-order chi connectivity index (χ0) is 14.3. The summed E-state index contributed by atoms with van der Waals surface area (Å²) in [5.41, 5.74) is 5.25. The first kappa shape index (κ1) is 15.9. The molecule has 110 valence electrons. The van der Waals surface area contributed by atoms with Crippen LogP contribution in [0.2, 0.25) is 0 Å². The Morgan fingerprint density at radius 1 is 1.21 bits per heavy atom. The van der Waals surface area contributed by atoms with Gasteiger partial charge in [0.2, 0.25) is 11.8 Å². The minimum absolute atomic E-state index is 0.00569. The largest absolute Gasteiger partial charge is 0.381 e. The van der Waals surface area contributed by atoms with Crippen molar-refractivity contribution in [3.05, 3.63) is 0 Å². The van der Waals surface area contributed by atoms with Crippen molar-refractivity contribution < 1.29 is 14.3 Å². The number of nitrogens with one attached hydrogen (secondary N) is 2. The van der Waals surface area contributed by atoms with E-state index in [0.717, 1.165) is 0 Å². The number of carbonyl (C=O) groups excluding carboxylic acids is 2. The van der Waals surface area contributed by atoms with Crippen LogP contribution in [-0.2, 0) is 14.3 Å². The Kier molecular flexibility index (Phi) is 6.24. The van der Waals surface area contributed by atoms with Gasteiger partial charge in [0.05, 0.1) is 5.41 Å². The zero-order valence-electron chi connectivity index (χ0n) is 11.8. The Balaban J connectivity index is 2.31. The highest BCUT2D eigenvalue weighted by atomic mass is 16.5. The Morgan fingerprint density at radius 2 is 1.79 bits per heavy atom.